The first-order chi connectivity index (χ1) is 5.34. The normalized spacial score (nSPS) is 21.5. The molecule has 0 amide bonds. The van der Waals surface area contributed by atoms with Crippen molar-refractivity contribution in [2.24, 2.45) is 5.28 Å². The average Bonchev–Trinajstić information content (AvgIpc) is 2.30. The first-order valence-electron chi connectivity index (χ1n) is 3.90. The second kappa shape index (κ2) is 4.00. The topological polar surface area (TPSA) is 64.7 Å². The molecule has 0 radical (unpaired) electrons. The summed E-state index contributed by atoms with van der Waals surface area (Å²) in [6, 6.07) is 0. The Morgan fingerprint density at radius 1 is 1.09 bits per heavy atom. The Kier molecular flexibility index (Phi) is 2.95. The maximum atomic E-state index is 10.7. The van der Waals surface area contributed by atoms with Crippen molar-refractivity contribution in [2.75, 3.05) is 13.1 Å². The summed E-state index contributed by atoms with van der Waals surface area (Å²) in [6.07, 6.45) is 4.24. The predicted molar refractivity (Wildman–Crippen MR) is 39.5 cm³/mol. The molecular weight excluding hydrogens is 146 g/mol. The van der Waals surface area contributed by atoms with Gasteiger partial charge in [-0.25, -0.2) is 0 Å². The van der Waals surface area contributed by atoms with E-state index < -0.39 is 0 Å². The van der Waals surface area contributed by atoms with E-state index in [-0.39, 0.29) is 4.97 Å². The summed E-state index contributed by atoms with van der Waals surface area (Å²) in [4.78, 5) is 0.158. The van der Waals surface area contributed by atoms with Crippen LogP contribution in [0.4, 0.5) is 0 Å². The lowest BCUT2D eigenvalue weighted by Crippen LogP contribution is -2.31. The van der Waals surface area contributed by atoms with Crippen LogP contribution in [0.5, 0.6) is 0 Å². The Balaban J connectivity index is 2.42. The number of hydrogen-bond donors (Lipinski definition) is 0. The molecule has 1 aliphatic heterocycles. The van der Waals surface area contributed by atoms with E-state index in [2.05, 4.69) is 5.28 Å². The molecule has 0 saturated carbocycles. The fourth-order valence-electron chi connectivity index (χ4n) is 1.28. The maximum absolute atomic E-state index is 10.7. The summed E-state index contributed by atoms with van der Waals surface area (Å²) in [6.45, 7) is 1.32. The van der Waals surface area contributed by atoms with Gasteiger partial charge in [-0.1, -0.05) is 12.8 Å². The highest BCUT2D eigenvalue weighted by molar-refractivity contribution is 4.54. The minimum Gasteiger partial charge on any atom is -0.737 e. The van der Waals surface area contributed by atoms with Gasteiger partial charge >= 0.3 is 0 Å². The Morgan fingerprint density at radius 2 is 1.64 bits per heavy atom. The summed E-state index contributed by atoms with van der Waals surface area (Å²) >= 11 is 0. The zero-order valence-corrected chi connectivity index (χ0v) is 6.40. The molecule has 1 heterocycles. The molecule has 0 aromatic rings. The number of rotatable bonds is 1. The van der Waals surface area contributed by atoms with Crippen LogP contribution in [0.2, 0.25) is 0 Å². The van der Waals surface area contributed by atoms with Gasteiger partial charge in [0.25, 0.3) is 0 Å². The fourth-order valence-corrected chi connectivity index (χ4v) is 1.28. The van der Waals surface area contributed by atoms with E-state index >= 15 is 0 Å². The molecule has 64 valence electrons. The second-order valence-electron chi connectivity index (χ2n) is 2.70. The standard InChI is InChI=1S/C6H13N3O2/c10-7-9(11)8-5-3-1-2-4-6-8/h10H,1-6H2/p-1/b9-7-. The van der Waals surface area contributed by atoms with E-state index in [4.69, 9.17) is 0 Å². The molecule has 0 atom stereocenters. The molecule has 0 unspecified atom stereocenters. The van der Waals surface area contributed by atoms with Crippen molar-refractivity contribution < 1.29 is 4.97 Å². The van der Waals surface area contributed by atoms with Crippen LogP contribution < -0.4 is 0 Å². The van der Waals surface area contributed by atoms with E-state index in [1.165, 1.54) is 5.01 Å². The zero-order valence-electron chi connectivity index (χ0n) is 6.40. The lowest BCUT2D eigenvalue weighted by atomic mass is 10.2. The molecule has 1 saturated heterocycles. The molecule has 0 aromatic heterocycles. The highest BCUT2D eigenvalue weighted by atomic mass is 16.6. The van der Waals surface area contributed by atoms with Gasteiger partial charge in [0, 0.05) is 4.97 Å². The average molecular weight is 158 g/mol. The molecule has 0 aromatic carbocycles. The summed E-state index contributed by atoms with van der Waals surface area (Å²) < 4.78 is 0. The van der Waals surface area contributed by atoms with Crippen LogP contribution in [-0.2, 0) is 0 Å². The van der Waals surface area contributed by atoms with Gasteiger partial charge in [0.05, 0.1) is 13.1 Å². The van der Waals surface area contributed by atoms with Gasteiger partial charge in [0.15, 0.2) is 0 Å². The van der Waals surface area contributed by atoms with Crippen molar-refractivity contribution in [1.82, 2.24) is 5.01 Å². The van der Waals surface area contributed by atoms with Gasteiger partial charge in [-0.3, -0.25) is 0 Å². The van der Waals surface area contributed by atoms with Gasteiger partial charge in [-0.05, 0) is 18.1 Å². The first-order valence-corrected chi connectivity index (χ1v) is 3.90. The Labute approximate surface area is 65.4 Å². The minimum atomic E-state index is 0.158. The summed E-state index contributed by atoms with van der Waals surface area (Å²) in [5.74, 6) is 0. The third kappa shape index (κ3) is 2.25. The summed E-state index contributed by atoms with van der Waals surface area (Å²) in [7, 11) is 0. The highest BCUT2D eigenvalue weighted by Crippen LogP contribution is 2.09. The molecule has 1 rings (SSSR count). The lowest BCUT2D eigenvalue weighted by molar-refractivity contribution is -0.690. The Bertz CT molecular complexity index is 141. The van der Waals surface area contributed by atoms with E-state index in [9.17, 15) is 10.4 Å². The third-order valence-corrected chi connectivity index (χ3v) is 1.89. The summed E-state index contributed by atoms with van der Waals surface area (Å²) in [5, 5.41) is 24.3. The zero-order chi connectivity index (χ0) is 8.10. The van der Waals surface area contributed by atoms with Gasteiger partial charge in [0.1, 0.15) is 0 Å². The number of nitrogens with zero attached hydrogens (tertiary/aromatic N) is 3. The van der Waals surface area contributed by atoms with Crippen LogP contribution in [0, 0.1) is 10.4 Å². The minimum absolute atomic E-state index is 0.158. The van der Waals surface area contributed by atoms with Crippen molar-refractivity contribution in [3.63, 3.8) is 0 Å². The Hall–Kier alpha value is -1.00. The maximum Gasteiger partial charge on any atom is 0.0767 e. The SMILES string of the molecule is [O-]/N=[N+](\[O-])N1CCCCCC1. The van der Waals surface area contributed by atoms with E-state index in [0.717, 1.165) is 25.7 Å². The molecule has 1 aliphatic rings. The largest absolute Gasteiger partial charge is 0.737 e. The van der Waals surface area contributed by atoms with Crippen LogP contribution in [0.15, 0.2) is 5.28 Å². The second-order valence-corrected chi connectivity index (χ2v) is 2.70. The van der Waals surface area contributed by atoms with Crippen molar-refractivity contribution in [1.29, 1.82) is 0 Å². The van der Waals surface area contributed by atoms with Gasteiger partial charge in [0.2, 0.25) is 0 Å². The van der Waals surface area contributed by atoms with Crippen molar-refractivity contribution >= 4 is 0 Å². The molecule has 11 heavy (non-hydrogen) atoms. The van der Waals surface area contributed by atoms with E-state index in [1.54, 1.807) is 0 Å². The van der Waals surface area contributed by atoms with Crippen molar-refractivity contribution in [2.45, 2.75) is 25.7 Å². The van der Waals surface area contributed by atoms with Crippen LogP contribution >= 0.6 is 0 Å². The van der Waals surface area contributed by atoms with Crippen LogP contribution in [0.3, 0.4) is 0 Å². The van der Waals surface area contributed by atoms with Gasteiger partial charge < -0.3 is 10.4 Å². The molecule has 0 bridgehead atoms. The molecule has 1 fully saturated rings. The third-order valence-electron chi connectivity index (χ3n) is 1.89. The van der Waals surface area contributed by atoms with E-state index in [1.807, 2.05) is 0 Å². The van der Waals surface area contributed by atoms with E-state index in [0.29, 0.717) is 13.1 Å². The fraction of sp³-hybridized carbons (Fsp3) is 1.00. The molecule has 0 N–H and O–H groups in total. The molecule has 5 heteroatoms. The van der Waals surface area contributed by atoms with Crippen LogP contribution in [0.25, 0.3) is 0 Å². The molecule has 0 spiro atoms. The molecule has 0 aliphatic carbocycles. The molecule has 5 nitrogen and oxygen atoms in total. The van der Waals surface area contributed by atoms with Crippen LogP contribution in [0.1, 0.15) is 25.7 Å². The predicted octanol–water partition coefficient (Wildman–Crippen LogP) is 1.24. The number of hydrogen-bond acceptors (Lipinski definition) is 3. The van der Waals surface area contributed by atoms with Gasteiger partial charge in [-0.15, -0.1) is 5.01 Å². The monoisotopic (exact) mass is 158 g/mol. The highest BCUT2D eigenvalue weighted by Gasteiger charge is 2.13. The molecular formula is C6H12N3O2-. The van der Waals surface area contributed by atoms with Crippen molar-refractivity contribution in [3.05, 3.63) is 10.4 Å². The first kappa shape index (κ1) is 8.10. The Morgan fingerprint density at radius 3 is 2.09 bits per heavy atom. The summed E-state index contributed by atoms with van der Waals surface area (Å²) in [5.41, 5.74) is 0. The van der Waals surface area contributed by atoms with Crippen LogP contribution in [-0.4, -0.2) is 23.1 Å². The van der Waals surface area contributed by atoms with Crippen molar-refractivity contribution in [3.8, 4) is 0 Å². The smallest absolute Gasteiger partial charge is 0.0767 e. The number of hydrazine groups is 1. The lowest BCUT2D eigenvalue weighted by Gasteiger charge is -2.16. The quantitative estimate of drug-likeness (QED) is 0.327. The van der Waals surface area contributed by atoms with Gasteiger partial charge in [-0.2, -0.15) is 0 Å².